The van der Waals surface area contributed by atoms with Crippen molar-refractivity contribution in [2.75, 3.05) is 0 Å². The number of urea groups is 1. The normalized spacial score (nSPS) is 16.7. The van der Waals surface area contributed by atoms with Crippen molar-refractivity contribution in [2.45, 2.75) is 45.7 Å². The molecule has 1 aliphatic heterocycles. The molecule has 3 amide bonds. The van der Waals surface area contributed by atoms with Crippen LogP contribution in [0.15, 0.2) is 33.5 Å². The molecule has 1 saturated heterocycles. The van der Waals surface area contributed by atoms with Gasteiger partial charge in [0.25, 0.3) is 5.91 Å². The van der Waals surface area contributed by atoms with Crippen LogP contribution in [0.3, 0.4) is 0 Å². The van der Waals surface area contributed by atoms with E-state index in [-0.39, 0.29) is 12.5 Å². The largest absolute Gasteiger partial charge is 0.423 e. The molecule has 2 aromatic rings. The van der Waals surface area contributed by atoms with Gasteiger partial charge in [-0.15, -0.1) is 0 Å². The molecule has 1 fully saturated rings. The highest BCUT2D eigenvalue weighted by Gasteiger charge is 2.48. The number of aryl methyl sites for hydroxylation is 1. The molecular formula is C18H20N2O4. The molecule has 2 heterocycles. The van der Waals surface area contributed by atoms with Crippen LogP contribution in [0.25, 0.3) is 11.0 Å². The Hall–Kier alpha value is -2.63. The minimum absolute atomic E-state index is 0.0532. The molecule has 1 aliphatic rings. The number of imide groups is 1. The lowest BCUT2D eigenvalue weighted by molar-refractivity contribution is -0.131. The van der Waals surface area contributed by atoms with Crippen molar-refractivity contribution < 1.29 is 14.0 Å². The Morgan fingerprint density at radius 3 is 2.46 bits per heavy atom. The van der Waals surface area contributed by atoms with E-state index < -0.39 is 17.2 Å². The van der Waals surface area contributed by atoms with Crippen molar-refractivity contribution in [3.05, 3.63) is 45.8 Å². The molecule has 6 nitrogen and oxygen atoms in total. The number of rotatable bonds is 4. The van der Waals surface area contributed by atoms with Gasteiger partial charge in [-0.1, -0.05) is 26.0 Å². The zero-order chi connectivity index (χ0) is 17.5. The van der Waals surface area contributed by atoms with E-state index in [9.17, 15) is 14.4 Å². The Kier molecular flexibility index (Phi) is 3.91. The number of nitrogens with one attached hydrogen (secondary N) is 1. The molecule has 6 heteroatoms. The summed E-state index contributed by atoms with van der Waals surface area (Å²) in [5.41, 5.74) is 0.693. The van der Waals surface area contributed by atoms with Gasteiger partial charge in [-0.3, -0.25) is 9.69 Å². The first-order valence-corrected chi connectivity index (χ1v) is 8.07. The standard InChI is InChI=1S/C18H20N2O4/c1-4-18(5-2)16(22)20(17(23)19-18)10-12-9-15(21)24-14-8-11(3)6-7-13(12)14/h6-9H,4-5,10H2,1-3H3,(H,19,23). The van der Waals surface area contributed by atoms with Crippen LogP contribution in [-0.2, 0) is 11.3 Å². The zero-order valence-electron chi connectivity index (χ0n) is 14.0. The maximum Gasteiger partial charge on any atom is 0.336 e. The SMILES string of the molecule is CCC1(CC)NC(=O)N(Cc2cc(=O)oc3cc(C)ccc23)C1=O. The van der Waals surface area contributed by atoms with E-state index in [2.05, 4.69) is 5.32 Å². The lowest BCUT2D eigenvalue weighted by atomic mass is 9.93. The summed E-state index contributed by atoms with van der Waals surface area (Å²) in [5, 5.41) is 3.52. The number of carbonyl (C=O) groups is 2. The molecule has 0 radical (unpaired) electrons. The fraction of sp³-hybridized carbons (Fsp3) is 0.389. The van der Waals surface area contributed by atoms with Gasteiger partial charge in [0.1, 0.15) is 11.1 Å². The van der Waals surface area contributed by atoms with Gasteiger partial charge < -0.3 is 9.73 Å². The van der Waals surface area contributed by atoms with Crippen LogP contribution in [0.1, 0.15) is 37.8 Å². The molecule has 0 unspecified atom stereocenters. The number of benzene rings is 1. The first-order valence-electron chi connectivity index (χ1n) is 8.07. The van der Waals surface area contributed by atoms with Gasteiger partial charge in [0.2, 0.25) is 0 Å². The van der Waals surface area contributed by atoms with Gasteiger partial charge in [0.15, 0.2) is 0 Å². The third-order valence-corrected chi connectivity index (χ3v) is 4.77. The van der Waals surface area contributed by atoms with Crippen LogP contribution in [-0.4, -0.2) is 22.4 Å². The number of carbonyl (C=O) groups excluding carboxylic acids is 2. The van der Waals surface area contributed by atoms with Crippen LogP contribution < -0.4 is 10.9 Å². The molecule has 0 atom stereocenters. The minimum Gasteiger partial charge on any atom is -0.423 e. The second-order valence-electron chi connectivity index (χ2n) is 6.20. The molecular weight excluding hydrogens is 308 g/mol. The van der Waals surface area contributed by atoms with Gasteiger partial charge in [-0.2, -0.15) is 0 Å². The van der Waals surface area contributed by atoms with E-state index in [1.54, 1.807) is 6.07 Å². The summed E-state index contributed by atoms with van der Waals surface area (Å²) in [7, 11) is 0. The number of fused-ring (bicyclic) bond motifs is 1. The number of hydrogen-bond donors (Lipinski definition) is 1. The lowest BCUT2D eigenvalue weighted by Gasteiger charge is -2.23. The van der Waals surface area contributed by atoms with Gasteiger partial charge in [-0.05, 0) is 37.0 Å². The maximum absolute atomic E-state index is 12.7. The van der Waals surface area contributed by atoms with Crippen molar-refractivity contribution in [3.63, 3.8) is 0 Å². The fourth-order valence-corrected chi connectivity index (χ4v) is 3.19. The van der Waals surface area contributed by atoms with Crippen molar-refractivity contribution in [1.82, 2.24) is 10.2 Å². The number of amides is 3. The molecule has 0 spiro atoms. The Balaban J connectivity index is 2.03. The van der Waals surface area contributed by atoms with Crippen molar-refractivity contribution in [3.8, 4) is 0 Å². The van der Waals surface area contributed by atoms with E-state index >= 15 is 0 Å². The zero-order valence-corrected chi connectivity index (χ0v) is 14.0. The quantitative estimate of drug-likeness (QED) is 0.691. The van der Waals surface area contributed by atoms with Crippen molar-refractivity contribution in [1.29, 1.82) is 0 Å². The first kappa shape index (κ1) is 16.2. The Morgan fingerprint density at radius 2 is 1.83 bits per heavy atom. The Morgan fingerprint density at radius 1 is 1.12 bits per heavy atom. The third kappa shape index (κ3) is 2.48. The van der Waals surface area contributed by atoms with E-state index in [1.807, 2.05) is 32.9 Å². The smallest absolute Gasteiger partial charge is 0.336 e. The topological polar surface area (TPSA) is 79.6 Å². The Labute approximate surface area is 139 Å². The summed E-state index contributed by atoms with van der Waals surface area (Å²) < 4.78 is 5.23. The Bertz CT molecular complexity index is 880. The van der Waals surface area contributed by atoms with E-state index in [0.29, 0.717) is 24.0 Å². The number of hydrogen-bond acceptors (Lipinski definition) is 4. The first-order chi connectivity index (χ1) is 11.4. The summed E-state index contributed by atoms with van der Waals surface area (Å²) in [5.74, 6) is -0.244. The molecule has 1 N–H and O–H groups in total. The van der Waals surface area contributed by atoms with E-state index in [4.69, 9.17) is 4.42 Å². The summed E-state index contributed by atoms with van der Waals surface area (Å²) >= 11 is 0. The summed E-state index contributed by atoms with van der Waals surface area (Å²) in [6.45, 7) is 5.71. The highest BCUT2D eigenvalue weighted by atomic mass is 16.4. The fourth-order valence-electron chi connectivity index (χ4n) is 3.19. The average molecular weight is 328 g/mol. The monoisotopic (exact) mass is 328 g/mol. The van der Waals surface area contributed by atoms with Crippen LogP contribution in [0.5, 0.6) is 0 Å². The predicted octanol–water partition coefficient (Wildman–Crippen LogP) is 2.71. The van der Waals surface area contributed by atoms with Gasteiger partial charge in [0.05, 0.1) is 6.54 Å². The highest BCUT2D eigenvalue weighted by Crippen LogP contribution is 2.27. The van der Waals surface area contributed by atoms with E-state index in [0.717, 1.165) is 10.9 Å². The van der Waals surface area contributed by atoms with Crippen LogP contribution in [0.2, 0.25) is 0 Å². The highest BCUT2D eigenvalue weighted by molar-refractivity contribution is 6.07. The molecule has 0 aliphatic carbocycles. The molecule has 1 aromatic heterocycles. The van der Waals surface area contributed by atoms with Crippen LogP contribution in [0, 0.1) is 6.92 Å². The molecule has 1 aromatic carbocycles. The summed E-state index contributed by atoms with van der Waals surface area (Å²) in [6, 6.07) is 6.44. The van der Waals surface area contributed by atoms with Gasteiger partial charge in [-0.25, -0.2) is 9.59 Å². The average Bonchev–Trinajstić information content (AvgIpc) is 2.79. The van der Waals surface area contributed by atoms with Crippen LogP contribution >= 0.6 is 0 Å². The predicted molar refractivity (Wildman–Crippen MR) is 89.6 cm³/mol. The van der Waals surface area contributed by atoms with E-state index in [1.165, 1.54) is 11.0 Å². The number of nitrogens with zero attached hydrogens (tertiary/aromatic N) is 1. The molecule has 0 saturated carbocycles. The molecule has 3 rings (SSSR count). The molecule has 126 valence electrons. The molecule has 0 bridgehead atoms. The summed E-state index contributed by atoms with van der Waals surface area (Å²) in [6.07, 6.45) is 1.06. The summed E-state index contributed by atoms with van der Waals surface area (Å²) in [4.78, 5) is 38.0. The van der Waals surface area contributed by atoms with Crippen molar-refractivity contribution in [2.24, 2.45) is 0 Å². The van der Waals surface area contributed by atoms with Crippen molar-refractivity contribution >= 4 is 22.9 Å². The maximum atomic E-state index is 12.7. The van der Waals surface area contributed by atoms with Crippen LogP contribution in [0.4, 0.5) is 4.79 Å². The second kappa shape index (κ2) is 5.78. The lowest BCUT2D eigenvalue weighted by Crippen LogP contribution is -2.45. The second-order valence-corrected chi connectivity index (χ2v) is 6.20. The minimum atomic E-state index is -0.844. The van der Waals surface area contributed by atoms with Gasteiger partial charge >= 0.3 is 11.7 Å². The molecule has 24 heavy (non-hydrogen) atoms. The third-order valence-electron chi connectivity index (χ3n) is 4.77. The van der Waals surface area contributed by atoms with Gasteiger partial charge in [0, 0.05) is 11.5 Å².